The largest absolute Gasteiger partial charge is 0.476 e. The number of aromatic carboxylic acids is 1. The van der Waals surface area contributed by atoms with Crippen LogP contribution in [-0.2, 0) is 18.8 Å². The highest BCUT2D eigenvalue weighted by atomic mass is 19.1. The lowest BCUT2D eigenvalue weighted by Gasteiger charge is -2.32. The van der Waals surface area contributed by atoms with Crippen LogP contribution in [0, 0.1) is 25.6 Å². The van der Waals surface area contributed by atoms with Crippen molar-refractivity contribution in [3.05, 3.63) is 53.0 Å². The Bertz CT molecular complexity index is 1690. The first-order valence-electron chi connectivity index (χ1n) is 12.4. The molecule has 0 amide bonds. The van der Waals surface area contributed by atoms with Crippen molar-refractivity contribution < 1.29 is 19.0 Å². The normalized spacial score (nSPS) is 15.5. The van der Waals surface area contributed by atoms with Gasteiger partial charge in [-0.05, 0) is 50.3 Å². The molecule has 0 aliphatic carbocycles. The molecule has 1 fully saturated rings. The molecule has 11 nitrogen and oxygen atoms in total. The van der Waals surface area contributed by atoms with E-state index in [9.17, 15) is 9.90 Å². The van der Waals surface area contributed by atoms with Crippen molar-refractivity contribution >= 4 is 28.0 Å². The number of ether oxygens (including phenoxy) is 1. The smallest absolute Gasteiger partial charge is 0.358 e. The molecule has 5 aromatic rings. The molecule has 0 bridgehead atoms. The first-order valence-corrected chi connectivity index (χ1v) is 12.4. The Labute approximate surface area is 216 Å². The standard InChI is InChI=1S/C26H27FN8O3/c1-13-16(22-14(2)30-32-34(22)4)12-29-19-21(13)35(25-20(26(36)37)31-33(3)24(19)25)23(15-7-10-38-11-8-15)18-17(27)6-5-9-28-18/h5-6,9,12,15,23H,7-8,10-11H2,1-4H3,(H,36,37)/t23-/m1/s1. The number of hydrogen-bond acceptors (Lipinski definition) is 7. The molecule has 1 saturated heterocycles. The SMILES string of the molecule is Cc1nnn(C)c1-c1cnc2c3c(c(C(=O)O)nn3C)n([C@@H](c3ncccc3F)C3CCOCC3)c2c1C. The molecule has 0 radical (unpaired) electrons. The van der Waals surface area contributed by atoms with Gasteiger partial charge in [-0.3, -0.25) is 14.6 Å². The van der Waals surface area contributed by atoms with E-state index >= 15 is 4.39 Å². The molecule has 0 aromatic carbocycles. The van der Waals surface area contributed by atoms with Gasteiger partial charge in [-0.15, -0.1) is 5.10 Å². The predicted molar refractivity (Wildman–Crippen MR) is 136 cm³/mol. The van der Waals surface area contributed by atoms with Gasteiger partial charge in [0.25, 0.3) is 0 Å². The quantitative estimate of drug-likeness (QED) is 0.374. The van der Waals surface area contributed by atoms with E-state index in [1.165, 1.54) is 10.7 Å². The highest BCUT2D eigenvalue weighted by Crippen LogP contribution is 2.43. The fraction of sp³-hybridized carbons (Fsp3) is 0.385. The summed E-state index contributed by atoms with van der Waals surface area (Å²) in [5, 5.41) is 22.9. The van der Waals surface area contributed by atoms with Crippen LogP contribution in [0.25, 0.3) is 33.3 Å². The Kier molecular flexibility index (Phi) is 5.71. The second kappa shape index (κ2) is 8.98. The minimum atomic E-state index is -1.17. The van der Waals surface area contributed by atoms with Crippen LogP contribution in [0.1, 0.15) is 46.3 Å². The zero-order chi connectivity index (χ0) is 26.7. The van der Waals surface area contributed by atoms with Gasteiger partial charge in [-0.25, -0.2) is 13.9 Å². The number of aryl methyl sites for hydroxylation is 4. The van der Waals surface area contributed by atoms with E-state index in [2.05, 4.69) is 20.4 Å². The van der Waals surface area contributed by atoms with Gasteiger partial charge in [0.05, 0.1) is 28.6 Å². The Morgan fingerprint density at radius 1 is 1.13 bits per heavy atom. The maximum Gasteiger partial charge on any atom is 0.358 e. The molecule has 1 aliphatic heterocycles. The summed E-state index contributed by atoms with van der Waals surface area (Å²) in [6.45, 7) is 4.89. The van der Waals surface area contributed by atoms with E-state index in [1.54, 1.807) is 30.2 Å². The molecule has 12 heteroatoms. The minimum absolute atomic E-state index is 0.0584. The molecule has 1 N–H and O–H groups in total. The van der Waals surface area contributed by atoms with E-state index in [4.69, 9.17) is 9.72 Å². The number of carboxylic acid groups (broad SMARTS) is 1. The number of carboxylic acids is 1. The van der Waals surface area contributed by atoms with Crippen molar-refractivity contribution in [3.63, 3.8) is 0 Å². The van der Waals surface area contributed by atoms with Gasteiger partial charge in [0.2, 0.25) is 0 Å². The number of hydrogen-bond donors (Lipinski definition) is 1. The van der Waals surface area contributed by atoms with Crippen molar-refractivity contribution in [2.75, 3.05) is 13.2 Å². The highest BCUT2D eigenvalue weighted by Gasteiger charge is 2.36. The van der Waals surface area contributed by atoms with Gasteiger partial charge in [0.15, 0.2) is 5.69 Å². The number of rotatable bonds is 5. The van der Waals surface area contributed by atoms with Crippen molar-refractivity contribution in [1.82, 2.24) is 39.3 Å². The second-order valence-electron chi connectivity index (χ2n) is 9.75. The van der Waals surface area contributed by atoms with Gasteiger partial charge in [0, 0.05) is 45.3 Å². The summed E-state index contributed by atoms with van der Waals surface area (Å²) in [7, 11) is 3.51. The summed E-state index contributed by atoms with van der Waals surface area (Å²) in [4.78, 5) is 21.8. The highest BCUT2D eigenvalue weighted by molar-refractivity contribution is 6.12. The summed E-state index contributed by atoms with van der Waals surface area (Å²) in [6, 6.07) is 2.34. The summed E-state index contributed by atoms with van der Waals surface area (Å²) >= 11 is 0. The zero-order valence-corrected chi connectivity index (χ0v) is 21.5. The van der Waals surface area contributed by atoms with Crippen LogP contribution in [0.4, 0.5) is 4.39 Å². The third-order valence-electron chi connectivity index (χ3n) is 7.55. The minimum Gasteiger partial charge on any atom is -0.476 e. The van der Waals surface area contributed by atoms with Gasteiger partial charge < -0.3 is 14.4 Å². The summed E-state index contributed by atoms with van der Waals surface area (Å²) in [5.74, 6) is -1.68. The number of aromatic nitrogens is 8. The Balaban J connectivity index is 1.78. The maximum atomic E-state index is 15.5. The number of fused-ring (bicyclic) bond motifs is 3. The molecule has 0 unspecified atom stereocenters. The first-order chi connectivity index (χ1) is 18.3. The molecule has 6 heterocycles. The average Bonchev–Trinajstić information content (AvgIpc) is 3.54. The van der Waals surface area contributed by atoms with E-state index in [0.29, 0.717) is 48.1 Å². The average molecular weight is 519 g/mol. The molecular weight excluding hydrogens is 491 g/mol. The monoisotopic (exact) mass is 518 g/mol. The summed E-state index contributed by atoms with van der Waals surface area (Å²) < 4.78 is 26.2. The molecular formula is C26H27FN8O3. The molecule has 0 saturated carbocycles. The Morgan fingerprint density at radius 3 is 2.55 bits per heavy atom. The molecule has 196 valence electrons. The lowest BCUT2D eigenvalue weighted by molar-refractivity contribution is 0.0541. The summed E-state index contributed by atoms with van der Waals surface area (Å²) in [6.07, 6.45) is 4.66. The summed E-state index contributed by atoms with van der Waals surface area (Å²) in [5.41, 5.74) is 5.59. The molecule has 38 heavy (non-hydrogen) atoms. The van der Waals surface area contributed by atoms with Crippen LogP contribution >= 0.6 is 0 Å². The first kappa shape index (κ1) is 24.2. The zero-order valence-electron chi connectivity index (χ0n) is 21.5. The maximum absolute atomic E-state index is 15.5. The van der Waals surface area contributed by atoms with E-state index in [-0.39, 0.29) is 17.3 Å². The van der Waals surface area contributed by atoms with Crippen molar-refractivity contribution in [1.29, 1.82) is 0 Å². The molecule has 0 spiro atoms. The number of halogens is 1. The fourth-order valence-corrected chi connectivity index (χ4v) is 5.87. The van der Waals surface area contributed by atoms with Crippen molar-refractivity contribution in [3.8, 4) is 11.3 Å². The van der Waals surface area contributed by atoms with Crippen molar-refractivity contribution in [2.24, 2.45) is 20.0 Å². The van der Waals surface area contributed by atoms with Crippen LogP contribution in [-0.4, -0.2) is 63.6 Å². The van der Waals surface area contributed by atoms with Gasteiger partial charge in [-0.1, -0.05) is 5.21 Å². The lowest BCUT2D eigenvalue weighted by atomic mass is 9.88. The van der Waals surface area contributed by atoms with Crippen LogP contribution in [0.3, 0.4) is 0 Å². The lowest BCUT2D eigenvalue weighted by Crippen LogP contribution is -2.28. The molecule has 6 rings (SSSR count). The van der Waals surface area contributed by atoms with E-state index < -0.39 is 17.8 Å². The van der Waals surface area contributed by atoms with E-state index in [1.807, 2.05) is 25.5 Å². The molecule has 5 aromatic heterocycles. The van der Waals surface area contributed by atoms with Crippen LogP contribution in [0.15, 0.2) is 24.5 Å². The third-order valence-corrected chi connectivity index (χ3v) is 7.55. The third kappa shape index (κ3) is 3.51. The van der Waals surface area contributed by atoms with Gasteiger partial charge in [0.1, 0.15) is 22.4 Å². The van der Waals surface area contributed by atoms with Gasteiger partial charge in [-0.2, -0.15) is 5.10 Å². The molecule has 1 aliphatic rings. The van der Waals surface area contributed by atoms with Crippen molar-refractivity contribution in [2.45, 2.75) is 32.7 Å². The second-order valence-corrected chi connectivity index (χ2v) is 9.75. The predicted octanol–water partition coefficient (Wildman–Crippen LogP) is 3.58. The van der Waals surface area contributed by atoms with Gasteiger partial charge >= 0.3 is 5.97 Å². The van der Waals surface area contributed by atoms with Crippen LogP contribution in [0.5, 0.6) is 0 Å². The van der Waals surface area contributed by atoms with Crippen LogP contribution < -0.4 is 0 Å². The number of pyridine rings is 2. The Morgan fingerprint density at radius 2 is 1.89 bits per heavy atom. The van der Waals surface area contributed by atoms with Crippen LogP contribution in [0.2, 0.25) is 0 Å². The Hall–Kier alpha value is -4.19. The number of nitrogens with zero attached hydrogens (tertiary/aromatic N) is 8. The van der Waals surface area contributed by atoms with E-state index in [0.717, 1.165) is 22.5 Å². The number of carbonyl (C=O) groups is 1. The fourth-order valence-electron chi connectivity index (χ4n) is 5.87. The topological polar surface area (TPSA) is 126 Å². The molecule has 1 atom stereocenters.